The quantitative estimate of drug-likeness (QED) is 0.726. The summed E-state index contributed by atoms with van der Waals surface area (Å²) < 4.78 is 5.10. The SMILES string of the molecule is C#CCC[C@@H](C)CNC(=O)OC(C)(C)C. The van der Waals surface area contributed by atoms with Crippen molar-refractivity contribution in [1.82, 2.24) is 5.32 Å². The van der Waals surface area contributed by atoms with E-state index >= 15 is 0 Å². The third-order valence-electron chi connectivity index (χ3n) is 1.78. The molecule has 15 heavy (non-hydrogen) atoms. The van der Waals surface area contributed by atoms with E-state index in [9.17, 15) is 4.79 Å². The zero-order valence-corrected chi connectivity index (χ0v) is 10.1. The third kappa shape index (κ3) is 9.14. The molecule has 0 fully saturated rings. The lowest BCUT2D eigenvalue weighted by atomic mass is 10.1. The average Bonchev–Trinajstić information content (AvgIpc) is 2.08. The molecule has 0 heterocycles. The highest BCUT2D eigenvalue weighted by Crippen LogP contribution is 2.07. The van der Waals surface area contributed by atoms with E-state index in [2.05, 4.69) is 18.2 Å². The van der Waals surface area contributed by atoms with Gasteiger partial charge in [0.05, 0.1) is 0 Å². The molecule has 0 aromatic rings. The van der Waals surface area contributed by atoms with Crippen LogP contribution < -0.4 is 5.32 Å². The zero-order valence-electron chi connectivity index (χ0n) is 10.1. The van der Waals surface area contributed by atoms with Gasteiger partial charge < -0.3 is 10.1 Å². The Kier molecular flexibility index (Phi) is 5.84. The van der Waals surface area contributed by atoms with E-state index in [1.54, 1.807) is 0 Å². The van der Waals surface area contributed by atoms with Gasteiger partial charge in [-0.15, -0.1) is 12.3 Å². The molecule has 0 saturated carbocycles. The van der Waals surface area contributed by atoms with Crippen molar-refractivity contribution in [3.63, 3.8) is 0 Å². The molecule has 0 bridgehead atoms. The first-order chi connectivity index (χ1) is 6.85. The van der Waals surface area contributed by atoms with Gasteiger partial charge in [-0.25, -0.2) is 4.79 Å². The maximum Gasteiger partial charge on any atom is 0.407 e. The maximum absolute atomic E-state index is 11.3. The number of hydrogen-bond donors (Lipinski definition) is 1. The van der Waals surface area contributed by atoms with Crippen LogP contribution >= 0.6 is 0 Å². The van der Waals surface area contributed by atoms with E-state index in [4.69, 9.17) is 11.2 Å². The minimum atomic E-state index is -0.438. The van der Waals surface area contributed by atoms with Crippen LogP contribution in [0.25, 0.3) is 0 Å². The summed E-state index contributed by atoms with van der Waals surface area (Å²) in [5.41, 5.74) is -0.438. The Hall–Kier alpha value is -1.17. The van der Waals surface area contributed by atoms with Crippen molar-refractivity contribution in [3.8, 4) is 12.3 Å². The molecule has 86 valence electrons. The van der Waals surface area contributed by atoms with Crippen LogP contribution in [0.2, 0.25) is 0 Å². The molecule has 0 aliphatic heterocycles. The van der Waals surface area contributed by atoms with Crippen molar-refractivity contribution in [2.75, 3.05) is 6.54 Å². The molecule has 1 amide bonds. The van der Waals surface area contributed by atoms with Gasteiger partial charge in [-0.05, 0) is 33.1 Å². The van der Waals surface area contributed by atoms with Crippen LogP contribution in [0.4, 0.5) is 4.79 Å². The predicted molar refractivity (Wildman–Crippen MR) is 61.5 cm³/mol. The summed E-state index contributed by atoms with van der Waals surface area (Å²) in [5.74, 6) is 2.96. The molecule has 0 radical (unpaired) electrons. The summed E-state index contributed by atoms with van der Waals surface area (Å²) in [6.07, 6.45) is 6.46. The van der Waals surface area contributed by atoms with Gasteiger partial charge in [0.2, 0.25) is 0 Å². The van der Waals surface area contributed by atoms with Crippen molar-refractivity contribution < 1.29 is 9.53 Å². The Labute approximate surface area is 92.6 Å². The number of carbonyl (C=O) groups excluding carboxylic acids is 1. The van der Waals surface area contributed by atoms with Gasteiger partial charge in [0.1, 0.15) is 5.60 Å². The number of amides is 1. The van der Waals surface area contributed by atoms with Crippen LogP contribution in [0.3, 0.4) is 0 Å². The lowest BCUT2D eigenvalue weighted by Crippen LogP contribution is -2.34. The van der Waals surface area contributed by atoms with E-state index in [0.717, 1.165) is 12.8 Å². The monoisotopic (exact) mass is 211 g/mol. The zero-order chi connectivity index (χ0) is 11.9. The Bertz CT molecular complexity index is 235. The summed E-state index contributed by atoms with van der Waals surface area (Å²) in [7, 11) is 0. The molecule has 0 aromatic carbocycles. The van der Waals surface area contributed by atoms with Crippen LogP contribution in [0.1, 0.15) is 40.5 Å². The number of rotatable bonds is 4. The normalized spacial score (nSPS) is 12.7. The van der Waals surface area contributed by atoms with Gasteiger partial charge in [0.15, 0.2) is 0 Å². The fourth-order valence-electron chi connectivity index (χ4n) is 1.00. The standard InChI is InChI=1S/C12H21NO2/c1-6-7-8-10(2)9-13-11(14)15-12(3,4)5/h1,10H,7-9H2,2-5H3,(H,13,14)/t10-/m1/s1. The molecule has 0 aliphatic rings. The molecule has 3 nitrogen and oxygen atoms in total. The molecule has 1 atom stereocenters. The molecule has 0 aliphatic carbocycles. The van der Waals surface area contributed by atoms with Crippen LogP contribution in [0.5, 0.6) is 0 Å². The van der Waals surface area contributed by atoms with E-state index in [1.807, 2.05) is 20.8 Å². The summed E-state index contributed by atoms with van der Waals surface area (Å²) in [5, 5.41) is 2.72. The van der Waals surface area contributed by atoms with Crippen molar-refractivity contribution in [1.29, 1.82) is 0 Å². The second-order valence-electron chi connectivity index (χ2n) is 4.73. The van der Waals surface area contributed by atoms with E-state index in [-0.39, 0.29) is 6.09 Å². The first-order valence-corrected chi connectivity index (χ1v) is 5.25. The number of terminal acetylenes is 1. The third-order valence-corrected chi connectivity index (χ3v) is 1.78. The minimum Gasteiger partial charge on any atom is -0.444 e. The number of alkyl carbamates (subject to hydrolysis) is 1. The van der Waals surface area contributed by atoms with Crippen molar-refractivity contribution >= 4 is 6.09 Å². The lowest BCUT2D eigenvalue weighted by molar-refractivity contribution is 0.0520. The van der Waals surface area contributed by atoms with Crippen LogP contribution in [0, 0.1) is 18.3 Å². The number of ether oxygens (including phenoxy) is 1. The molecule has 0 unspecified atom stereocenters. The Morgan fingerprint density at radius 2 is 2.13 bits per heavy atom. The van der Waals surface area contributed by atoms with Crippen molar-refractivity contribution in [2.45, 2.75) is 46.1 Å². The second kappa shape index (κ2) is 6.34. The largest absolute Gasteiger partial charge is 0.444 e. The Morgan fingerprint density at radius 3 is 2.60 bits per heavy atom. The molecule has 0 aromatic heterocycles. The van der Waals surface area contributed by atoms with Gasteiger partial charge in [-0.2, -0.15) is 0 Å². The van der Waals surface area contributed by atoms with Gasteiger partial charge in [-0.3, -0.25) is 0 Å². The van der Waals surface area contributed by atoms with Crippen LogP contribution in [0.15, 0.2) is 0 Å². The van der Waals surface area contributed by atoms with Crippen LogP contribution in [-0.4, -0.2) is 18.2 Å². The predicted octanol–water partition coefficient (Wildman–Crippen LogP) is 2.56. The minimum absolute atomic E-state index is 0.366. The highest BCUT2D eigenvalue weighted by Gasteiger charge is 2.16. The van der Waals surface area contributed by atoms with Gasteiger partial charge in [0, 0.05) is 13.0 Å². The second-order valence-corrected chi connectivity index (χ2v) is 4.73. The fourth-order valence-corrected chi connectivity index (χ4v) is 1.00. The summed E-state index contributed by atoms with van der Waals surface area (Å²) >= 11 is 0. The van der Waals surface area contributed by atoms with Crippen molar-refractivity contribution in [2.24, 2.45) is 5.92 Å². The van der Waals surface area contributed by atoms with Gasteiger partial charge in [0.25, 0.3) is 0 Å². The number of carbonyl (C=O) groups is 1. The van der Waals surface area contributed by atoms with Gasteiger partial charge in [-0.1, -0.05) is 6.92 Å². The summed E-state index contributed by atoms with van der Waals surface area (Å²) in [6.45, 7) is 8.18. The summed E-state index contributed by atoms with van der Waals surface area (Å²) in [4.78, 5) is 11.3. The molecule has 1 N–H and O–H groups in total. The topological polar surface area (TPSA) is 38.3 Å². The van der Waals surface area contributed by atoms with Crippen molar-refractivity contribution in [3.05, 3.63) is 0 Å². The number of hydrogen-bond acceptors (Lipinski definition) is 2. The van der Waals surface area contributed by atoms with Crippen LogP contribution in [-0.2, 0) is 4.74 Å². The Balaban J connectivity index is 3.68. The first kappa shape index (κ1) is 13.8. The molecule has 0 saturated heterocycles. The molecule has 3 heteroatoms. The molecule has 0 spiro atoms. The number of nitrogens with one attached hydrogen (secondary N) is 1. The molecular formula is C12H21NO2. The maximum atomic E-state index is 11.3. The van der Waals surface area contributed by atoms with E-state index in [0.29, 0.717) is 12.5 Å². The highest BCUT2D eigenvalue weighted by molar-refractivity contribution is 5.67. The molecule has 0 rings (SSSR count). The van der Waals surface area contributed by atoms with E-state index in [1.165, 1.54) is 0 Å². The smallest absolute Gasteiger partial charge is 0.407 e. The fraction of sp³-hybridized carbons (Fsp3) is 0.750. The average molecular weight is 211 g/mol. The lowest BCUT2D eigenvalue weighted by Gasteiger charge is -2.20. The van der Waals surface area contributed by atoms with Gasteiger partial charge >= 0.3 is 6.09 Å². The summed E-state index contributed by atoms with van der Waals surface area (Å²) in [6, 6.07) is 0. The first-order valence-electron chi connectivity index (χ1n) is 5.25. The molecular weight excluding hydrogens is 190 g/mol. The Morgan fingerprint density at radius 1 is 1.53 bits per heavy atom. The van der Waals surface area contributed by atoms with E-state index < -0.39 is 5.60 Å². The highest BCUT2D eigenvalue weighted by atomic mass is 16.6.